The average molecular weight is 196 g/mol. The highest BCUT2D eigenvalue weighted by Gasteiger charge is 2.11. The molecule has 4 heteroatoms. The highest BCUT2D eigenvalue weighted by atomic mass is 16.4. The topological polar surface area (TPSA) is 55.1 Å². The predicted octanol–water partition coefficient (Wildman–Crippen LogP) is 1.56. The number of imidazole rings is 1. The highest BCUT2D eigenvalue weighted by molar-refractivity contribution is 5.66. The normalized spacial score (nSPS) is 12.7. The fraction of sp³-hybridized carbons (Fsp3) is 0.600. The van der Waals surface area contributed by atoms with Gasteiger partial charge in [0.2, 0.25) is 0 Å². The van der Waals surface area contributed by atoms with Crippen molar-refractivity contribution in [2.24, 2.45) is 5.92 Å². The molecule has 0 bridgehead atoms. The molecule has 0 radical (unpaired) electrons. The van der Waals surface area contributed by atoms with Gasteiger partial charge < -0.3 is 9.67 Å². The summed E-state index contributed by atoms with van der Waals surface area (Å²) in [6.45, 7) is 4.87. The van der Waals surface area contributed by atoms with Crippen molar-refractivity contribution < 1.29 is 9.90 Å². The number of carboxylic acid groups (broad SMARTS) is 1. The first kappa shape index (κ1) is 10.8. The molecule has 0 aliphatic heterocycles. The third-order valence-electron chi connectivity index (χ3n) is 2.20. The molecular weight excluding hydrogens is 180 g/mol. The van der Waals surface area contributed by atoms with Crippen LogP contribution in [0.15, 0.2) is 12.4 Å². The molecule has 1 unspecified atom stereocenters. The fourth-order valence-corrected chi connectivity index (χ4v) is 1.50. The lowest BCUT2D eigenvalue weighted by atomic mass is 10.0. The Balaban J connectivity index is 2.55. The first-order chi connectivity index (χ1) is 6.63. The number of rotatable bonds is 5. The molecule has 0 spiro atoms. The number of hydrogen-bond donors (Lipinski definition) is 1. The maximum atomic E-state index is 10.5. The van der Waals surface area contributed by atoms with E-state index in [0.29, 0.717) is 0 Å². The van der Waals surface area contributed by atoms with E-state index in [4.69, 9.17) is 5.11 Å². The first-order valence-corrected chi connectivity index (χ1v) is 4.85. The number of hydrogen-bond acceptors (Lipinski definition) is 2. The van der Waals surface area contributed by atoms with Gasteiger partial charge in [-0.2, -0.15) is 0 Å². The van der Waals surface area contributed by atoms with Crippen molar-refractivity contribution in [1.82, 2.24) is 9.55 Å². The van der Waals surface area contributed by atoms with E-state index >= 15 is 0 Å². The van der Waals surface area contributed by atoms with Crippen molar-refractivity contribution in [3.05, 3.63) is 18.2 Å². The maximum absolute atomic E-state index is 10.5. The van der Waals surface area contributed by atoms with Crippen molar-refractivity contribution in [3.63, 3.8) is 0 Å². The Kier molecular flexibility index (Phi) is 3.68. The number of carboxylic acids is 1. The van der Waals surface area contributed by atoms with Crippen molar-refractivity contribution in [3.8, 4) is 0 Å². The lowest BCUT2D eigenvalue weighted by molar-refractivity contribution is -0.137. The van der Waals surface area contributed by atoms with Crippen LogP contribution in [0.1, 0.15) is 26.1 Å². The summed E-state index contributed by atoms with van der Waals surface area (Å²) in [6.07, 6.45) is 4.61. The summed E-state index contributed by atoms with van der Waals surface area (Å²) in [5.41, 5.74) is 0. The van der Waals surface area contributed by atoms with E-state index in [1.807, 2.05) is 24.6 Å². The highest BCUT2D eigenvalue weighted by Crippen LogP contribution is 2.10. The molecule has 0 amide bonds. The standard InChI is InChI=1S/C10H16N2O2/c1-3-12-5-4-11-9(12)6-8(2)7-10(13)14/h4-5,8H,3,6-7H2,1-2H3,(H,13,14). The molecule has 0 aliphatic rings. The molecule has 0 aliphatic carbocycles. The number of nitrogens with zero attached hydrogens (tertiary/aromatic N) is 2. The monoisotopic (exact) mass is 196 g/mol. The zero-order chi connectivity index (χ0) is 10.6. The molecule has 14 heavy (non-hydrogen) atoms. The minimum atomic E-state index is -0.743. The number of aryl methyl sites for hydroxylation is 1. The van der Waals surface area contributed by atoms with Gasteiger partial charge in [-0.15, -0.1) is 0 Å². The van der Waals surface area contributed by atoms with Crippen LogP contribution in [-0.2, 0) is 17.8 Å². The van der Waals surface area contributed by atoms with Gasteiger partial charge in [0, 0.05) is 31.8 Å². The molecule has 1 heterocycles. The van der Waals surface area contributed by atoms with Crippen LogP contribution in [0, 0.1) is 5.92 Å². The van der Waals surface area contributed by atoms with Crippen molar-refractivity contribution in [2.75, 3.05) is 0 Å². The lowest BCUT2D eigenvalue weighted by Crippen LogP contribution is -2.11. The molecule has 0 saturated heterocycles. The summed E-state index contributed by atoms with van der Waals surface area (Å²) in [7, 11) is 0. The molecule has 1 aromatic heterocycles. The van der Waals surface area contributed by atoms with Crippen LogP contribution in [-0.4, -0.2) is 20.6 Å². The van der Waals surface area contributed by atoms with E-state index in [0.717, 1.165) is 18.8 Å². The van der Waals surface area contributed by atoms with Crippen LogP contribution in [0.2, 0.25) is 0 Å². The van der Waals surface area contributed by atoms with Crippen LogP contribution >= 0.6 is 0 Å². The van der Waals surface area contributed by atoms with E-state index in [-0.39, 0.29) is 12.3 Å². The third kappa shape index (κ3) is 2.87. The summed E-state index contributed by atoms with van der Waals surface area (Å²) in [6, 6.07) is 0. The van der Waals surface area contributed by atoms with Crippen LogP contribution < -0.4 is 0 Å². The Hall–Kier alpha value is -1.32. The minimum absolute atomic E-state index is 0.139. The third-order valence-corrected chi connectivity index (χ3v) is 2.20. The van der Waals surface area contributed by atoms with E-state index in [1.165, 1.54) is 0 Å². The van der Waals surface area contributed by atoms with Crippen molar-refractivity contribution >= 4 is 5.97 Å². The Bertz CT molecular complexity index is 307. The van der Waals surface area contributed by atoms with Crippen LogP contribution in [0.3, 0.4) is 0 Å². The smallest absolute Gasteiger partial charge is 0.303 e. The van der Waals surface area contributed by atoms with Gasteiger partial charge in [-0.3, -0.25) is 4.79 Å². The van der Waals surface area contributed by atoms with Gasteiger partial charge in [-0.25, -0.2) is 4.98 Å². The van der Waals surface area contributed by atoms with E-state index in [2.05, 4.69) is 4.98 Å². The molecule has 4 nitrogen and oxygen atoms in total. The zero-order valence-corrected chi connectivity index (χ0v) is 8.60. The summed E-state index contributed by atoms with van der Waals surface area (Å²) in [5.74, 6) is 0.369. The Morgan fingerprint density at radius 1 is 1.71 bits per heavy atom. The summed E-state index contributed by atoms with van der Waals surface area (Å²) in [4.78, 5) is 14.7. The second-order valence-electron chi connectivity index (χ2n) is 3.54. The quantitative estimate of drug-likeness (QED) is 0.777. The maximum Gasteiger partial charge on any atom is 0.303 e. The van der Waals surface area contributed by atoms with Crippen LogP contribution in [0.4, 0.5) is 0 Å². The Morgan fingerprint density at radius 3 is 3.00 bits per heavy atom. The van der Waals surface area contributed by atoms with Gasteiger partial charge in [0.05, 0.1) is 0 Å². The molecule has 1 rings (SSSR count). The molecule has 0 aromatic carbocycles. The number of aromatic nitrogens is 2. The summed E-state index contributed by atoms with van der Waals surface area (Å²) < 4.78 is 2.04. The lowest BCUT2D eigenvalue weighted by Gasteiger charge is -2.09. The first-order valence-electron chi connectivity index (χ1n) is 4.85. The Labute approximate surface area is 83.6 Å². The van der Waals surface area contributed by atoms with Gasteiger partial charge in [-0.05, 0) is 12.8 Å². The van der Waals surface area contributed by atoms with Gasteiger partial charge in [0.1, 0.15) is 5.82 Å². The molecule has 0 saturated carbocycles. The molecular formula is C10H16N2O2. The SMILES string of the molecule is CCn1ccnc1CC(C)CC(=O)O. The molecule has 1 N–H and O–H groups in total. The summed E-state index contributed by atoms with van der Waals surface area (Å²) >= 11 is 0. The molecule has 1 aromatic rings. The molecule has 78 valence electrons. The summed E-state index contributed by atoms with van der Waals surface area (Å²) in [5, 5.41) is 8.61. The molecule has 0 fully saturated rings. The van der Waals surface area contributed by atoms with Crippen LogP contribution in [0.25, 0.3) is 0 Å². The van der Waals surface area contributed by atoms with E-state index in [1.54, 1.807) is 6.20 Å². The van der Waals surface area contributed by atoms with Crippen molar-refractivity contribution in [2.45, 2.75) is 33.2 Å². The van der Waals surface area contributed by atoms with Crippen LogP contribution in [0.5, 0.6) is 0 Å². The zero-order valence-electron chi connectivity index (χ0n) is 8.60. The average Bonchev–Trinajstić information content (AvgIpc) is 2.50. The fourth-order valence-electron chi connectivity index (χ4n) is 1.50. The van der Waals surface area contributed by atoms with E-state index in [9.17, 15) is 4.79 Å². The number of aliphatic carboxylic acids is 1. The second-order valence-corrected chi connectivity index (χ2v) is 3.54. The molecule has 1 atom stereocenters. The van der Waals surface area contributed by atoms with Crippen molar-refractivity contribution in [1.29, 1.82) is 0 Å². The van der Waals surface area contributed by atoms with Gasteiger partial charge in [0.25, 0.3) is 0 Å². The van der Waals surface area contributed by atoms with Gasteiger partial charge in [-0.1, -0.05) is 6.92 Å². The van der Waals surface area contributed by atoms with Gasteiger partial charge >= 0.3 is 5.97 Å². The number of carbonyl (C=O) groups is 1. The Morgan fingerprint density at radius 2 is 2.43 bits per heavy atom. The predicted molar refractivity (Wildman–Crippen MR) is 53.0 cm³/mol. The largest absolute Gasteiger partial charge is 0.481 e. The second kappa shape index (κ2) is 4.79. The van der Waals surface area contributed by atoms with E-state index < -0.39 is 5.97 Å². The van der Waals surface area contributed by atoms with Gasteiger partial charge in [0.15, 0.2) is 0 Å². The minimum Gasteiger partial charge on any atom is -0.481 e.